The number of carboxylic acid groups (broad SMARTS) is 1. The molecule has 0 unspecified atom stereocenters. The van der Waals surface area contributed by atoms with Gasteiger partial charge in [0.2, 0.25) is 0 Å². The normalized spacial score (nSPS) is 10.6. The van der Waals surface area contributed by atoms with Crippen LogP contribution in [0.25, 0.3) is 11.6 Å². The molecule has 2 aromatic rings. The minimum absolute atomic E-state index is 0.0748. The van der Waals surface area contributed by atoms with Crippen LogP contribution in [0, 0.1) is 20.8 Å². The van der Waals surface area contributed by atoms with Gasteiger partial charge in [0.25, 0.3) is 0 Å². The first-order chi connectivity index (χ1) is 9.47. The quantitative estimate of drug-likeness (QED) is 0.914. The van der Waals surface area contributed by atoms with Crippen molar-refractivity contribution in [3.05, 3.63) is 34.9 Å². The monoisotopic (exact) mass is 272 g/mol. The maximum Gasteiger partial charge on any atom is 0.303 e. The molecule has 0 fully saturated rings. The number of aryl methyl sites for hydroxylation is 3. The summed E-state index contributed by atoms with van der Waals surface area (Å²) >= 11 is 0. The van der Waals surface area contributed by atoms with Crippen LogP contribution in [0.15, 0.2) is 12.4 Å². The Bertz CT molecular complexity index is 615. The summed E-state index contributed by atoms with van der Waals surface area (Å²) in [5, 5.41) is 8.75. The molecule has 0 radical (unpaired) electrons. The lowest BCUT2D eigenvalue weighted by Crippen LogP contribution is -2.07. The topological polar surface area (TPSA) is 88.9 Å². The van der Waals surface area contributed by atoms with Gasteiger partial charge in [0, 0.05) is 30.2 Å². The number of carboxylic acids is 1. The van der Waals surface area contributed by atoms with Gasteiger partial charge in [-0.25, -0.2) is 19.9 Å². The summed E-state index contributed by atoms with van der Waals surface area (Å²) in [4.78, 5) is 27.8. The Balaban J connectivity index is 2.34. The number of carbonyl (C=O) groups is 1. The van der Waals surface area contributed by atoms with Gasteiger partial charge < -0.3 is 5.11 Å². The van der Waals surface area contributed by atoms with Crippen molar-refractivity contribution in [2.24, 2.45) is 0 Å². The summed E-state index contributed by atoms with van der Waals surface area (Å²) in [7, 11) is 0. The smallest absolute Gasteiger partial charge is 0.303 e. The van der Waals surface area contributed by atoms with Gasteiger partial charge in [0.15, 0.2) is 11.6 Å². The fourth-order valence-corrected chi connectivity index (χ4v) is 1.94. The predicted molar refractivity (Wildman–Crippen MR) is 73.2 cm³/mol. The molecule has 2 aromatic heterocycles. The third-order valence-corrected chi connectivity index (χ3v) is 2.99. The standard InChI is InChI=1S/C14H16N4O2/c1-8-6-15-13(16-7-8)14-17-9(2)11(10(3)18-14)4-5-12(19)20/h6-7H,4-5H2,1-3H3,(H,19,20). The van der Waals surface area contributed by atoms with Crippen molar-refractivity contribution in [1.82, 2.24) is 19.9 Å². The fourth-order valence-electron chi connectivity index (χ4n) is 1.94. The summed E-state index contributed by atoms with van der Waals surface area (Å²) in [6, 6.07) is 0. The Morgan fingerprint density at radius 1 is 1.05 bits per heavy atom. The second kappa shape index (κ2) is 5.73. The van der Waals surface area contributed by atoms with Gasteiger partial charge in [-0.1, -0.05) is 0 Å². The van der Waals surface area contributed by atoms with E-state index in [1.807, 2.05) is 20.8 Å². The Hall–Kier alpha value is -2.37. The molecule has 0 spiro atoms. The molecule has 20 heavy (non-hydrogen) atoms. The molecule has 0 bridgehead atoms. The Labute approximate surface area is 117 Å². The molecule has 6 heteroatoms. The van der Waals surface area contributed by atoms with Crippen molar-refractivity contribution < 1.29 is 9.90 Å². The predicted octanol–water partition coefficient (Wildman–Crippen LogP) is 1.88. The highest BCUT2D eigenvalue weighted by atomic mass is 16.4. The summed E-state index contributed by atoms with van der Waals surface area (Å²) in [5.41, 5.74) is 3.40. The number of nitrogens with zero attached hydrogens (tertiary/aromatic N) is 4. The second-order valence-corrected chi connectivity index (χ2v) is 4.67. The minimum atomic E-state index is -0.824. The molecule has 6 nitrogen and oxygen atoms in total. The molecular formula is C14H16N4O2. The first-order valence-electron chi connectivity index (χ1n) is 6.32. The van der Waals surface area contributed by atoms with E-state index in [-0.39, 0.29) is 6.42 Å². The van der Waals surface area contributed by atoms with Crippen LogP contribution in [0.1, 0.15) is 28.9 Å². The van der Waals surface area contributed by atoms with Crippen LogP contribution in [0.5, 0.6) is 0 Å². The van der Waals surface area contributed by atoms with E-state index in [4.69, 9.17) is 5.11 Å². The Kier molecular flexibility index (Phi) is 4.02. The fraction of sp³-hybridized carbons (Fsp3) is 0.357. The van der Waals surface area contributed by atoms with E-state index in [1.54, 1.807) is 12.4 Å². The van der Waals surface area contributed by atoms with Crippen LogP contribution in [0.2, 0.25) is 0 Å². The van der Waals surface area contributed by atoms with Crippen molar-refractivity contribution >= 4 is 5.97 Å². The summed E-state index contributed by atoms with van der Waals surface area (Å²) in [6.45, 7) is 5.61. The molecule has 0 aliphatic heterocycles. The van der Waals surface area contributed by atoms with E-state index in [0.717, 1.165) is 22.5 Å². The third-order valence-electron chi connectivity index (χ3n) is 2.99. The molecule has 104 valence electrons. The highest BCUT2D eigenvalue weighted by molar-refractivity contribution is 5.67. The average molecular weight is 272 g/mol. The number of hydrogen-bond acceptors (Lipinski definition) is 5. The lowest BCUT2D eigenvalue weighted by molar-refractivity contribution is -0.136. The number of aromatic nitrogens is 4. The van der Waals surface area contributed by atoms with Gasteiger partial charge in [-0.2, -0.15) is 0 Å². The van der Waals surface area contributed by atoms with E-state index in [1.165, 1.54) is 0 Å². The maximum atomic E-state index is 10.7. The molecule has 0 saturated heterocycles. The first kappa shape index (κ1) is 14.0. The van der Waals surface area contributed by atoms with Gasteiger partial charge in [-0.3, -0.25) is 4.79 Å². The van der Waals surface area contributed by atoms with Crippen LogP contribution in [0.3, 0.4) is 0 Å². The van der Waals surface area contributed by atoms with Gasteiger partial charge in [-0.15, -0.1) is 0 Å². The summed E-state index contributed by atoms with van der Waals surface area (Å²) < 4.78 is 0. The van der Waals surface area contributed by atoms with Crippen molar-refractivity contribution in [1.29, 1.82) is 0 Å². The van der Waals surface area contributed by atoms with Crippen LogP contribution in [-0.4, -0.2) is 31.0 Å². The molecule has 0 amide bonds. The Morgan fingerprint density at radius 2 is 1.60 bits per heavy atom. The van der Waals surface area contributed by atoms with Crippen molar-refractivity contribution in [2.45, 2.75) is 33.6 Å². The van der Waals surface area contributed by atoms with Crippen molar-refractivity contribution in [3.63, 3.8) is 0 Å². The summed E-state index contributed by atoms with van der Waals surface area (Å²) in [6.07, 6.45) is 3.94. The molecule has 0 atom stereocenters. The van der Waals surface area contributed by atoms with Crippen LogP contribution >= 0.6 is 0 Å². The number of aliphatic carboxylic acids is 1. The molecule has 1 N–H and O–H groups in total. The second-order valence-electron chi connectivity index (χ2n) is 4.67. The maximum absolute atomic E-state index is 10.7. The van der Waals surface area contributed by atoms with Gasteiger partial charge in [0.05, 0.1) is 0 Å². The van der Waals surface area contributed by atoms with Crippen LogP contribution < -0.4 is 0 Å². The van der Waals surface area contributed by atoms with Crippen molar-refractivity contribution in [3.8, 4) is 11.6 Å². The minimum Gasteiger partial charge on any atom is -0.481 e. The molecule has 0 saturated carbocycles. The molecule has 2 heterocycles. The van der Waals surface area contributed by atoms with Crippen LogP contribution in [0.4, 0.5) is 0 Å². The lowest BCUT2D eigenvalue weighted by atomic mass is 10.1. The zero-order chi connectivity index (χ0) is 14.7. The number of hydrogen-bond donors (Lipinski definition) is 1. The first-order valence-corrected chi connectivity index (χ1v) is 6.32. The summed E-state index contributed by atoms with van der Waals surface area (Å²) in [5.74, 6) is 0.125. The highest BCUT2D eigenvalue weighted by Gasteiger charge is 2.12. The zero-order valence-electron chi connectivity index (χ0n) is 11.7. The Morgan fingerprint density at radius 3 is 2.10 bits per heavy atom. The number of rotatable bonds is 4. The largest absolute Gasteiger partial charge is 0.481 e. The lowest BCUT2D eigenvalue weighted by Gasteiger charge is -2.09. The van der Waals surface area contributed by atoms with E-state index >= 15 is 0 Å². The highest BCUT2D eigenvalue weighted by Crippen LogP contribution is 2.17. The van der Waals surface area contributed by atoms with E-state index in [9.17, 15) is 4.79 Å². The van der Waals surface area contributed by atoms with E-state index in [0.29, 0.717) is 18.1 Å². The van der Waals surface area contributed by atoms with Gasteiger partial charge in [-0.05, 0) is 38.3 Å². The molecular weight excluding hydrogens is 256 g/mol. The van der Waals surface area contributed by atoms with Gasteiger partial charge in [0.1, 0.15) is 0 Å². The molecule has 0 aliphatic carbocycles. The molecule has 2 rings (SSSR count). The SMILES string of the molecule is Cc1cnc(-c2nc(C)c(CCC(=O)O)c(C)n2)nc1. The zero-order valence-corrected chi connectivity index (χ0v) is 11.7. The van der Waals surface area contributed by atoms with Crippen LogP contribution in [-0.2, 0) is 11.2 Å². The van der Waals surface area contributed by atoms with Gasteiger partial charge >= 0.3 is 5.97 Å². The molecule has 0 aromatic carbocycles. The third kappa shape index (κ3) is 3.14. The average Bonchev–Trinajstić information content (AvgIpc) is 2.38. The van der Waals surface area contributed by atoms with E-state index in [2.05, 4.69) is 19.9 Å². The molecule has 0 aliphatic rings. The van der Waals surface area contributed by atoms with Crippen molar-refractivity contribution in [2.75, 3.05) is 0 Å². The van der Waals surface area contributed by atoms with E-state index < -0.39 is 5.97 Å².